The van der Waals surface area contributed by atoms with E-state index < -0.39 is 18.0 Å². The van der Waals surface area contributed by atoms with Crippen LogP contribution in [0.5, 0.6) is 0 Å². The van der Waals surface area contributed by atoms with Gasteiger partial charge in [-0.15, -0.1) is 0 Å². The fraction of sp³-hybridized carbons (Fsp3) is 0.429. The topological polar surface area (TPSA) is 78.4 Å². The number of rotatable bonds is 5. The van der Waals surface area contributed by atoms with Gasteiger partial charge < -0.3 is 15.7 Å². The molecule has 0 aliphatic carbocycles. The number of carbonyl (C=O) groups excluding carboxylic acids is 1. The number of hydrogen-bond acceptors (Lipinski definition) is 2. The number of carboxylic acids is 1. The molecule has 0 aliphatic rings. The van der Waals surface area contributed by atoms with E-state index in [1.165, 1.54) is 18.2 Å². The molecule has 0 spiro atoms. The van der Waals surface area contributed by atoms with Crippen LogP contribution in [0.1, 0.15) is 25.8 Å². The number of benzene rings is 1. The zero-order valence-corrected chi connectivity index (χ0v) is 11.7. The second-order valence-corrected chi connectivity index (χ2v) is 5.08. The van der Waals surface area contributed by atoms with Crippen LogP contribution in [0.25, 0.3) is 0 Å². The zero-order valence-electron chi connectivity index (χ0n) is 11.7. The molecule has 0 aromatic heterocycles. The molecule has 0 saturated heterocycles. The van der Waals surface area contributed by atoms with Crippen molar-refractivity contribution in [2.24, 2.45) is 5.92 Å². The first-order chi connectivity index (χ1) is 9.29. The average molecular weight is 282 g/mol. The third-order valence-corrected chi connectivity index (χ3v) is 2.73. The number of aryl methyl sites for hydroxylation is 1. The summed E-state index contributed by atoms with van der Waals surface area (Å²) in [5, 5.41) is 13.9. The van der Waals surface area contributed by atoms with Crippen molar-refractivity contribution in [3.63, 3.8) is 0 Å². The zero-order chi connectivity index (χ0) is 15.3. The molecule has 0 bridgehead atoms. The van der Waals surface area contributed by atoms with Crippen LogP contribution in [-0.2, 0) is 4.79 Å². The first-order valence-corrected chi connectivity index (χ1v) is 6.36. The van der Waals surface area contributed by atoms with E-state index in [1.807, 2.05) is 13.8 Å². The van der Waals surface area contributed by atoms with Crippen molar-refractivity contribution >= 4 is 17.7 Å². The van der Waals surface area contributed by atoms with Gasteiger partial charge in [0.15, 0.2) is 0 Å². The van der Waals surface area contributed by atoms with Crippen molar-refractivity contribution in [3.8, 4) is 0 Å². The molecule has 0 radical (unpaired) electrons. The molecule has 3 N–H and O–H groups in total. The Morgan fingerprint density at radius 3 is 2.50 bits per heavy atom. The van der Waals surface area contributed by atoms with Gasteiger partial charge in [-0.3, -0.25) is 0 Å². The van der Waals surface area contributed by atoms with Gasteiger partial charge in [0.25, 0.3) is 0 Å². The van der Waals surface area contributed by atoms with E-state index >= 15 is 0 Å². The monoisotopic (exact) mass is 282 g/mol. The number of nitrogens with one attached hydrogen (secondary N) is 2. The Hall–Kier alpha value is -2.11. The highest BCUT2D eigenvalue weighted by Gasteiger charge is 2.21. The van der Waals surface area contributed by atoms with Crippen LogP contribution in [0, 0.1) is 18.7 Å². The van der Waals surface area contributed by atoms with Gasteiger partial charge in [0.2, 0.25) is 0 Å². The number of hydrogen-bond donors (Lipinski definition) is 3. The van der Waals surface area contributed by atoms with Crippen molar-refractivity contribution in [1.29, 1.82) is 0 Å². The lowest BCUT2D eigenvalue weighted by Gasteiger charge is -2.17. The van der Waals surface area contributed by atoms with Gasteiger partial charge in [0.05, 0.1) is 0 Å². The molecule has 0 unspecified atom stereocenters. The third kappa shape index (κ3) is 4.87. The predicted molar refractivity (Wildman–Crippen MR) is 74.2 cm³/mol. The van der Waals surface area contributed by atoms with Gasteiger partial charge >= 0.3 is 12.0 Å². The maximum absolute atomic E-state index is 13.1. The Kier molecular flexibility index (Phi) is 5.49. The normalized spacial score (nSPS) is 12.1. The molecule has 0 heterocycles. The van der Waals surface area contributed by atoms with Gasteiger partial charge in [-0.1, -0.05) is 13.8 Å². The molecule has 0 saturated carbocycles. The summed E-state index contributed by atoms with van der Waals surface area (Å²) >= 11 is 0. The summed E-state index contributed by atoms with van der Waals surface area (Å²) in [6, 6.07) is 2.57. The van der Waals surface area contributed by atoms with Crippen LogP contribution < -0.4 is 10.6 Å². The van der Waals surface area contributed by atoms with Gasteiger partial charge in [0, 0.05) is 5.69 Å². The number of carbonyl (C=O) groups is 2. The Morgan fingerprint density at radius 2 is 2.00 bits per heavy atom. The van der Waals surface area contributed by atoms with Crippen molar-refractivity contribution in [3.05, 3.63) is 29.6 Å². The van der Waals surface area contributed by atoms with Crippen molar-refractivity contribution in [1.82, 2.24) is 5.32 Å². The van der Waals surface area contributed by atoms with Gasteiger partial charge in [0.1, 0.15) is 11.9 Å². The molecule has 110 valence electrons. The lowest BCUT2D eigenvalue weighted by Crippen LogP contribution is -2.43. The second kappa shape index (κ2) is 6.88. The molecule has 1 aromatic rings. The van der Waals surface area contributed by atoms with Crippen molar-refractivity contribution in [2.45, 2.75) is 33.2 Å². The fourth-order valence-electron chi connectivity index (χ4n) is 1.74. The van der Waals surface area contributed by atoms with E-state index in [0.717, 1.165) is 0 Å². The summed E-state index contributed by atoms with van der Waals surface area (Å²) in [6.45, 7) is 5.33. The number of carboxylic acid groups (broad SMARTS) is 1. The summed E-state index contributed by atoms with van der Waals surface area (Å²) in [5.74, 6) is -1.30. The molecule has 1 atom stereocenters. The molecule has 5 nitrogen and oxygen atoms in total. The molecule has 0 fully saturated rings. The molecule has 1 rings (SSSR count). The quantitative estimate of drug-likeness (QED) is 0.777. The van der Waals surface area contributed by atoms with E-state index in [-0.39, 0.29) is 11.7 Å². The summed E-state index contributed by atoms with van der Waals surface area (Å²) in [4.78, 5) is 22.8. The van der Waals surface area contributed by atoms with Crippen molar-refractivity contribution in [2.75, 3.05) is 5.32 Å². The number of anilines is 1. The Bertz CT molecular complexity index is 503. The maximum atomic E-state index is 13.1. The van der Waals surface area contributed by atoms with Crippen LogP contribution >= 0.6 is 0 Å². The standard InChI is InChI=1S/C14H19FN2O3/c1-8(2)6-12(13(18)19)17-14(20)16-10-4-5-11(15)9(3)7-10/h4-5,7-8,12H,6H2,1-3H3,(H,18,19)(H2,16,17,20)/t12-/m0/s1. The maximum Gasteiger partial charge on any atom is 0.326 e. The van der Waals surface area contributed by atoms with Gasteiger partial charge in [-0.25, -0.2) is 14.0 Å². The first-order valence-electron chi connectivity index (χ1n) is 6.36. The SMILES string of the molecule is Cc1cc(NC(=O)N[C@@H](CC(C)C)C(=O)O)ccc1F. The number of amides is 2. The molecule has 2 amide bonds. The highest BCUT2D eigenvalue weighted by molar-refractivity contribution is 5.92. The number of halogens is 1. The Labute approximate surface area is 117 Å². The van der Waals surface area contributed by atoms with Crippen LogP contribution in [0.15, 0.2) is 18.2 Å². The molecule has 1 aromatic carbocycles. The van der Waals surface area contributed by atoms with Crippen molar-refractivity contribution < 1.29 is 19.1 Å². The Balaban J connectivity index is 2.65. The van der Waals surface area contributed by atoms with Gasteiger partial charge in [-0.05, 0) is 43.0 Å². The van der Waals surface area contributed by atoms with E-state index in [9.17, 15) is 14.0 Å². The molecule has 6 heteroatoms. The lowest BCUT2D eigenvalue weighted by atomic mass is 10.0. The van der Waals surface area contributed by atoms with E-state index in [2.05, 4.69) is 10.6 Å². The van der Waals surface area contributed by atoms with E-state index in [4.69, 9.17) is 5.11 Å². The molecule has 0 aliphatic heterocycles. The molecular weight excluding hydrogens is 263 g/mol. The molecule has 20 heavy (non-hydrogen) atoms. The average Bonchev–Trinajstić information content (AvgIpc) is 2.32. The van der Waals surface area contributed by atoms with E-state index in [1.54, 1.807) is 6.92 Å². The highest BCUT2D eigenvalue weighted by Crippen LogP contribution is 2.13. The molecular formula is C14H19FN2O3. The fourth-order valence-corrected chi connectivity index (χ4v) is 1.74. The number of urea groups is 1. The van der Waals surface area contributed by atoms with Gasteiger partial charge in [-0.2, -0.15) is 0 Å². The van der Waals surface area contributed by atoms with E-state index in [0.29, 0.717) is 17.7 Å². The number of aliphatic carboxylic acids is 1. The summed E-state index contributed by atoms with van der Waals surface area (Å²) in [7, 11) is 0. The van der Waals surface area contributed by atoms with Crippen LogP contribution in [0.2, 0.25) is 0 Å². The van der Waals surface area contributed by atoms with Crippen LogP contribution in [0.3, 0.4) is 0 Å². The Morgan fingerprint density at radius 1 is 1.35 bits per heavy atom. The summed E-state index contributed by atoms with van der Waals surface area (Å²) in [5.41, 5.74) is 0.815. The predicted octanol–water partition coefficient (Wildman–Crippen LogP) is 2.75. The lowest BCUT2D eigenvalue weighted by molar-refractivity contribution is -0.139. The highest BCUT2D eigenvalue weighted by atomic mass is 19.1. The second-order valence-electron chi connectivity index (χ2n) is 5.08. The van der Waals surface area contributed by atoms with Crippen LogP contribution in [-0.4, -0.2) is 23.1 Å². The largest absolute Gasteiger partial charge is 0.480 e. The minimum Gasteiger partial charge on any atom is -0.480 e. The third-order valence-electron chi connectivity index (χ3n) is 2.73. The summed E-state index contributed by atoms with van der Waals surface area (Å²) in [6.07, 6.45) is 0.338. The van der Waals surface area contributed by atoms with Crippen LogP contribution in [0.4, 0.5) is 14.9 Å². The minimum absolute atomic E-state index is 0.143. The minimum atomic E-state index is -1.08. The smallest absolute Gasteiger partial charge is 0.326 e. The first kappa shape index (κ1) is 15.9. The summed E-state index contributed by atoms with van der Waals surface area (Å²) < 4.78 is 13.1.